The molecule has 0 aromatic carbocycles. The Morgan fingerprint density at radius 3 is 2.73 bits per heavy atom. The highest BCUT2D eigenvalue weighted by atomic mass is 16.5. The first-order valence-corrected chi connectivity index (χ1v) is 7.99. The van der Waals surface area contributed by atoms with Crippen LogP contribution in [0.2, 0.25) is 0 Å². The number of rotatable bonds is 3. The quantitative estimate of drug-likeness (QED) is 0.898. The zero-order valence-corrected chi connectivity index (χ0v) is 13.4. The van der Waals surface area contributed by atoms with Gasteiger partial charge in [0, 0.05) is 18.5 Å². The van der Waals surface area contributed by atoms with Crippen LogP contribution < -0.4 is 10.3 Å². The van der Waals surface area contributed by atoms with E-state index in [9.17, 15) is 9.90 Å². The molecule has 0 radical (unpaired) electrons. The third kappa shape index (κ3) is 2.54. The van der Waals surface area contributed by atoms with E-state index in [2.05, 4.69) is 16.9 Å². The molecule has 1 aromatic heterocycles. The SMILES string of the molecule is COc1cc(=O)n(CC2(O)CCN(C)CC23CCCC3)cn1. The Kier molecular flexibility index (Phi) is 3.99. The van der Waals surface area contributed by atoms with Gasteiger partial charge in [0.25, 0.3) is 5.56 Å². The van der Waals surface area contributed by atoms with E-state index in [4.69, 9.17) is 4.74 Å². The van der Waals surface area contributed by atoms with Gasteiger partial charge in [-0.1, -0.05) is 12.8 Å². The number of hydrogen-bond acceptors (Lipinski definition) is 5. The Bertz CT molecular complexity index is 595. The molecule has 1 spiro atoms. The first-order chi connectivity index (χ1) is 10.5. The summed E-state index contributed by atoms with van der Waals surface area (Å²) in [6.07, 6.45) is 6.57. The van der Waals surface area contributed by atoms with Gasteiger partial charge >= 0.3 is 0 Å². The van der Waals surface area contributed by atoms with Crippen molar-refractivity contribution in [3.05, 3.63) is 22.7 Å². The maximum Gasteiger partial charge on any atom is 0.257 e. The lowest BCUT2D eigenvalue weighted by Gasteiger charge is -2.51. The molecule has 6 heteroatoms. The standard InChI is InChI=1S/C16H25N3O3/c1-18-8-7-16(21,15(10-18)5-3-4-6-15)11-19-12-17-13(22-2)9-14(19)20/h9,12,21H,3-8,10-11H2,1-2H3. The second-order valence-electron chi connectivity index (χ2n) is 6.90. The van der Waals surface area contributed by atoms with Crippen LogP contribution in [-0.4, -0.2) is 52.4 Å². The van der Waals surface area contributed by atoms with Crippen LogP contribution in [0, 0.1) is 5.41 Å². The zero-order chi connectivity index (χ0) is 15.8. The van der Waals surface area contributed by atoms with Crippen molar-refractivity contribution in [2.24, 2.45) is 5.41 Å². The fraction of sp³-hybridized carbons (Fsp3) is 0.750. The molecule has 3 rings (SSSR count). The Hall–Kier alpha value is -1.40. The van der Waals surface area contributed by atoms with E-state index >= 15 is 0 Å². The van der Waals surface area contributed by atoms with Crippen LogP contribution in [0.3, 0.4) is 0 Å². The van der Waals surface area contributed by atoms with Gasteiger partial charge < -0.3 is 14.7 Å². The molecular weight excluding hydrogens is 282 g/mol. The smallest absolute Gasteiger partial charge is 0.257 e. The summed E-state index contributed by atoms with van der Waals surface area (Å²) in [4.78, 5) is 18.6. The lowest BCUT2D eigenvalue weighted by atomic mass is 9.66. The number of methoxy groups -OCH3 is 1. The average Bonchev–Trinajstić information content (AvgIpc) is 2.96. The zero-order valence-electron chi connectivity index (χ0n) is 13.4. The van der Waals surface area contributed by atoms with Crippen LogP contribution in [0.25, 0.3) is 0 Å². The van der Waals surface area contributed by atoms with Crippen LogP contribution >= 0.6 is 0 Å². The molecule has 1 unspecified atom stereocenters. The van der Waals surface area contributed by atoms with Crippen molar-refractivity contribution in [2.45, 2.75) is 44.2 Å². The minimum Gasteiger partial charge on any atom is -0.481 e. The number of likely N-dealkylation sites (tertiary alicyclic amines) is 1. The van der Waals surface area contributed by atoms with Crippen molar-refractivity contribution in [1.82, 2.24) is 14.5 Å². The van der Waals surface area contributed by atoms with Crippen LogP contribution in [0.5, 0.6) is 5.88 Å². The highest BCUT2D eigenvalue weighted by Gasteiger charge is 2.54. The van der Waals surface area contributed by atoms with Crippen LogP contribution in [-0.2, 0) is 6.54 Å². The van der Waals surface area contributed by atoms with Gasteiger partial charge in [0.05, 0.1) is 25.3 Å². The summed E-state index contributed by atoms with van der Waals surface area (Å²) in [5, 5.41) is 11.4. The Morgan fingerprint density at radius 1 is 1.36 bits per heavy atom. The molecule has 2 fully saturated rings. The second kappa shape index (κ2) is 5.66. The molecule has 1 atom stereocenters. The van der Waals surface area contributed by atoms with E-state index < -0.39 is 5.60 Å². The molecule has 1 saturated heterocycles. The fourth-order valence-corrected chi connectivity index (χ4v) is 4.23. The van der Waals surface area contributed by atoms with Gasteiger partial charge in [-0.15, -0.1) is 0 Å². The summed E-state index contributed by atoms with van der Waals surface area (Å²) in [5.74, 6) is 0.312. The third-order valence-electron chi connectivity index (χ3n) is 5.52. The molecule has 122 valence electrons. The molecule has 1 saturated carbocycles. The van der Waals surface area contributed by atoms with E-state index in [-0.39, 0.29) is 11.0 Å². The van der Waals surface area contributed by atoms with Gasteiger partial charge in [0.1, 0.15) is 6.33 Å². The molecular formula is C16H25N3O3. The average molecular weight is 307 g/mol. The molecule has 2 heterocycles. The lowest BCUT2D eigenvalue weighted by Crippen LogP contribution is -2.60. The Labute approximate surface area is 130 Å². The van der Waals surface area contributed by atoms with E-state index in [0.29, 0.717) is 18.8 Å². The summed E-state index contributed by atoms with van der Waals surface area (Å²) in [6, 6.07) is 1.37. The van der Waals surface area contributed by atoms with E-state index in [0.717, 1.165) is 38.8 Å². The van der Waals surface area contributed by atoms with E-state index in [1.807, 2.05) is 0 Å². The largest absolute Gasteiger partial charge is 0.481 e. The monoisotopic (exact) mass is 307 g/mol. The maximum atomic E-state index is 12.2. The molecule has 1 aliphatic heterocycles. The molecule has 1 N–H and O–H groups in total. The summed E-state index contributed by atoms with van der Waals surface area (Å²) < 4.78 is 6.50. The number of hydrogen-bond donors (Lipinski definition) is 1. The first-order valence-electron chi connectivity index (χ1n) is 7.99. The van der Waals surface area contributed by atoms with Gasteiger partial charge in [-0.3, -0.25) is 9.36 Å². The molecule has 0 amide bonds. The van der Waals surface area contributed by atoms with Gasteiger partial charge in [-0.25, -0.2) is 4.98 Å². The highest BCUT2D eigenvalue weighted by molar-refractivity contribution is 5.09. The minimum atomic E-state index is -0.837. The second-order valence-corrected chi connectivity index (χ2v) is 6.90. The predicted molar refractivity (Wildman–Crippen MR) is 83.0 cm³/mol. The van der Waals surface area contributed by atoms with Crippen LogP contribution in [0.1, 0.15) is 32.1 Å². The summed E-state index contributed by atoms with van der Waals surface area (Å²) in [6.45, 7) is 2.08. The van der Waals surface area contributed by atoms with Gasteiger partial charge in [-0.2, -0.15) is 0 Å². The Morgan fingerprint density at radius 2 is 2.09 bits per heavy atom. The normalized spacial score (nSPS) is 28.1. The van der Waals surface area contributed by atoms with Crippen molar-refractivity contribution in [2.75, 3.05) is 27.2 Å². The fourth-order valence-electron chi connectivity index (χ4n) is 4.23. The first kappa shape index (κ1) is 15.5. The molecule has 22 heavy (non-hydrogen) atoms. The number of aromatic nitrogens is 2. The van der Waals surface area contributed by atoms with Gasteiger partial charge in [0.15, 0.2) is 0 Å². The lowest BCUT2D eigenvalue weighted by molar-refractivity contribution is -0.139. The topological polar surface area (TPSA) is 67.6 Å². The number of aliphatic hydroxyl groups is 1. The Balaban J connectivity index is 1.90. The number of ether oxygens (including phenoxy) is 1. The third-order valence-corrected chi connectivity index (χ3v) is 5.52. The van der Waals surface area contributed by atoms with Crippen LogP contribution in [0.4, 0.5) is 0 Å². The minimum absolute atomic E-state index is 0.0978. The van der Waals surface area contributed by atoms with E-state index in [1.54, 1.807) is 0 Å². The molecule has 0 bridgehead atoms. The van der Waals surface area contributed by atoms with Crippen molar-refractivity contribution in [1.29, 1.82) is 0 Å². The van der Waals surface area contributed by atoms with Crippen molar-refractivity contribution < 1.29 is 9.84 Å². The number of piperidine rings is 1. The molecule has 1 aromatic rings. The summed E-state index contributed by atoms with van der Waals surface area (Å²) in [7, 11) is 3.60. The number of nitrogens with zero attached hydrogens (tertiary/aromatic N) is 3. The highest BCUT2D eigenvalue weighted by Crippen LogP contribution is 2.51. The van der Waals surface area contributed by atoms with Gasteiger partial charge in [-0.05, 0) is 26.3 Å². The van der Waals surface area contributed by atoms with Crippen molar-refractivity contribution in [3.63, 3.8) is 0 Å². The van der Waals surface area contributed by atoms with Crippen molar-refractivity contribution in [3.8, 4) is 5.88 Å². The predicted octanol–water partition coefficient (Wildman–Crippen LogP) is 0.879. The summed E-state index contributed by atoms with van der Waals surface area (Å²) >= 11 is 0. The maximum absolute atomic E-state index is 12.2. The van der Waals surface area contributed by atoms with Crippen molar-refractivity contribution >= 4 is 0 Å². The summed E-state index contributed by atoms with van der Waals surface area (Å²) in [5.41, 5.74) is -1.11. The van der Waals surface area contributed by atoms with E-state index in [1.165, 1.54) is 24.1 Å². The van der Waals surface area contributed by atoms with Gasteiger partial charge in [0.2, 0.25) is 5.88 Å². The van der Waals surface area contributed by atoms with Crippen LogP contribution in [0.15, 0.2) is 17.2 Å². The molecule has 2 aliphatic rings. The molecule has 6 nitrogen and oxygen atoms in total. The molecule has 1 aliphatic carbocycles.